The van der Waals surface area contributed by atoms with Gasteiger partial charge in [-0.1, -0.05) is 26.7 Å². The van der Waals surface area contributed by atoms with E-state index in [0.29, 0.717) is 29.5 Å². The summed E-state index contributed by atoms with van der Waals surface area (Å²) in [7, 11) is 0. The molecule has 7 heteroatoms. The quantitative estimate of drug-likeness (QED) is 0.877. The minimum Gasteiger partial charge on any atom is -0.337 e. The van der Waals surface area contributed by atoms with Gasteiger partial charge in [-0.25, -0.2) is 9.97 Å². The molecular weight excluding hydrogens is 342 g/mol. The lowest BCUT2D eigenvalue weighted by Gasteiger charge is -2.18. The van der Waals surface area contributed by atoms with Crippen LogP contribution in [0.25, 0.3) is 5.82 Å². The summed E-state index contributed by atoms with van der Waals surface area (Å²) in [5, 5.41) is 2.84. The van der Waals surface area contributed by atoms with E-state index >= 15 is 0 Å². The number of amides is 2. The number of hydrogen-bond donors (Lipinski definition) is 1. The van der Waals surface area contributed by atoms with Crippen molar-refractivity contribution in [2.45, 2.75) is 46.0 Å². The number of carbonyl (C=O) groups is 2. The van der Waals surface area contributed by atoms with Gasteiger partial charge in [0.15, 0.2) is 0 Å². The molecule has 2 aromatic rings. The topological polar surface area (TPSA) is 80.1 Å². The van der Waals surface area contributed by atoms with Crippen LogP contribution in [0.4, 0.5) is 5.69 Å². The van der Waals surface area contributed by atoms with Crippen LogP contribution in [0.1, 0.15) is 56.4 Å². The fourth-order valence-corrected chi connectivity index (χ4v) is 3.19. The minimum absolute atomic E-state index is 0.0202. The summed E-state index contributed by atoms with van der Waals surface area (Å²) in [6.07, 6.45) is 9.88. The Morgan fingerprint density at radius 2 is 1.85 bits per heavy atom. The van der Waals surface area contributed by atoms with Gasteiger partial charge in [0, 0.05) is 25.7 Å². The monoisotopic (exact) mass is 369 g/mol. The number of hydrogen-bond acceptors (Lipinski definition) is 4. The zero-order valence-electron chi connectivity index (χ0n) is 16.0. The Hall–Kier alpha value is -2.70. The Labute approximate surface area is 159 Å². The third-order valence-electron chi connectivity index (χ3n) is 4.58. The van der Waals surface area contributed by atoms with Gasteiger partial charge in [-0.05, 0) is 30.9 Å². The molecule has 0 unspecified atom stereocenters. The van der Waals surface area contributed by atoms with Crippen molar-refractivity contribution in [3.63, 3.8) is 0 Å². The third-order valence-corrected chi connectivity index (χ3v) is 4.58. The molecule has 1 aliphatic rings. The van der Waals surface area contributed by atoms with E-state index in [-0.39, 0.29) is 11.8 Å². The molecule has 0 aliphatic carbocycles. The summed E-state index contributed by atoms with van der Waals surface area (Å²) in [4.78, 5) is 35.0. The first-order chi connectivity index (χ1) is 13.0. The van der Waals surface area contributed by atoms with Crippen LogP contribution in [0.3, 0.4) is 0 Å². The van der Waals surface area contributed by atoms with E-state index in [1.807, 2.05) is 18.7 Å². The number of nitrogens with one attached hydrogen (secondary N) is 1. The van der Waals surface area contributed by atoms with Gasteiger partial charge in [-0.2, -0.15) is 0 Å². The Balaban J connectivity index is 1.65. The van der Waals surface area contributed by atoms with E-state index in [0.717, 1.165) is 25.9 Å². The summed E-state index contributed by atoms with van der Waals surface area (Å²) in [6.45, 7) is 5.61. The van der Waals surface area contributed by atoms with Crippen molar-refractivity contribution in [1.29, 1.82) is 0 Å². The molecule has 0 radical (unpaired) electrons. The van der Waals surface area contributed by atoms with Crippen LogP contribution in [0.2, 0.25) is 0 Å². The smallest absolute Gasteiger partial charge is 0.274 e. The molecular formula is C20H27N5O2. The second-order valence-electron chi connectivity index (χ2n) is 7.42. The minimum atomic E-state index is -0.0208. The van der Waals surface area contributed by atoms with Crippen molar-refractivity contribution in [1.82, 2.24) is 19.4 Å². The molecule has 144 valence electrons. The van der Waals surface area contributed by atoms with E-state index in [9.17, 15) is 9.59 Å². The van der Waals surface area contributed by atoms with E-state index in [1.54, 1.807) is 35.4 Å². The van der Waals surface area contributed by atoms with Crippen LogP contribution < -0.4 is 5.32 Å². The van der Waals surface area contributed by atoms with Gasteiger partial charge in [-0.3, -0.25) is 14.2 Å². The van der Waals surface area contributed by atoms with Crippen molar-refractivity contribution in [3.05, 3.63) is 36.5 Å². The van der Waals surface area contributed by atoms with Gasteiger partial charge in [0.25, 0.3) is 5.91 Å². The summed E-state index contributed by atoms with van der Waals surface area (Å²) < 4.78 is 1.73. The standard InChI is InChI=1S/C20H27N5O2/c1-15(2)11-19(26)23-16-7-8-18(21-12-16)25-13-17(22-14-25)20(27)24-9-5-3-4-6-10-24/h7-8,12-15H,3-6,9-11H2,1-2H3,(H,23,26). The van der Waals surface area contributed by atoms with E-state index in [4.69, 9.17) is 0 Å². The highest BCUT2D eigenvalue weighted by Gasteiger charge is 2.19. The Kier molecular flexibility index (Phi) is 6.21. The Morgan fingerprint density at radius 1 is 1.11 bits per heavy atom. The fourth-order valence-electron chi connectivity index (χ4n) is 3.19. The normalized spacial score (nSPS) is 14.9. The maximum absolute atomic E-state index is 12.6. The van der Waals surface area contributed by atoms with Gasteiger partial charge >= 0.3 is 0 Å². The van der Waals surface area contributed by atoms with Crippen LogP contribution in [-0.4, -0.2) is 44.3 Å². The Morgan fingerprint density at radius 3 is 2.48 bits per heavy atom. The molecule has 2 amide bonds. The molecule has 0 bridgehead atoms. The zero-order chi connectivity index (χ0) is 19.2. The lowest BCUT2D eigenvalue weighted by molar-refractivity contribution is -0.116. The number of aromatic nitrogens is 3. The molecule has 1 N–H and O–H groups in total. The summed E-state index contributed by atoms with van der Waals surface area (Å²) in [6, 6.07) is 3.60. The summed E-state index contributed by atoms with van der Waals surface area (Å²) in [5.41, 5.74) is 1.10. The lowest BCUT2D eigenvalue weighted by Crippen LogP contribution is -2.32. The second kappa shape index (κ2) is 8.79. The molecule has 0 spiro atoms. The SMILES string of the molecule is CC(C)CC(=O)Nc1ccc(-n2cnc(C(=O)N3CCCCCC3)c2)nc1. The average Bonchev–Trinajstić information content (AvgIpc) is 2.96. The molecule has 0 saturated carbocycles. The third kappa shape index (κ3) is 5.15. The van der Waals surface area contributed by atoms with Crippen LogP contribution in [0.5, 0.6) is 0 Å². The number of anilines is 1. The number of imidazole rings is 1. The van der Waals surface area contributed by atoms with E-state index in [1.165, 1.54) is 12.8 Å². The lowest BCUT2D eigenvalue weighted by atomic mass is 10.1. The number of rotatable bonds is 5. The zero-order valence-corrected chi connectivity index (χ0v) is 16.0. The fraction of sp³-hybridized carbons (Fsp3) is 0.500. The molecule has 2 aromatic heterocycles. The molecule has 3 rings (SSSR count). The number of carbonyl (C=O) groups excluding carboxylic acids is 2. The van der Waals surface area contributed by atoms with Crippen molar-refractivity contribution < 1.29 is 9.59 Å². The number of likely N-dealkylation sites (tertiary alicyclic amines) is 1. The first kappa shape index (κ1) is 19.1. The predicted octanol–water partition coefficient (Wildman–Crippen LogP) is 3.27. The molecule has 7 nitrogen and oxygen atoms in total. The van der Waals surface area contributed by atoms with Crippen LogP contribution in [0.15, 0.2) is 30.9 Å². The summed E-state index contributed by atoms with van der Waals surface area (Å²) >= 11 is 0. The molecule has 1 aliphatic heterocycles. The number of pyridine rings is 1. The average molecular weight is 369 g/mol. The first-order valence-electron chi connectivity index (χ1n) is 9.62. The highest BCUT2D eigenvalue weighted by molar-refractivity contribution is 5.92. The largest absolute Gasteiger partial charge is 0.337 e. The molecule has 3 heterocycles. The van der Waals surface area contributed by atoms with E-state index in [2.05, 4.69) is 15.3 Å². The maximum Gasteiger partial charge on any atom is 0.274 e. The van der Waals surface area contributed by atoms with Crippen LogP contribution >= 0.6 is 0 Å². The highest BCUT2D eigenvalue weighted by atomic mass is 16.2. The molecule has 0 aromatic carbocycles. The van der Waals surface area contributed by atoms with Gasteiger partial charge in [0.1, 0.15) is 17.8 Å². The predicted molar refractivity (Wildman–Crippen MR) is 104 cm³/mol. The van der Waals surface area contributed by atoms with Crippen molar-refractivity contribution >= 4 is 17.5 Å². The number of nitrogens with zero attached hydrogens (tertiary/aromatic N) is 4. The molecule has 27 heavy (non-hydrogen) atoms. The van der Waals surface area contributed by atoms with Gasteiger partial charge in [0.05, 0.1) is 11.9 Å². The van der Waals surface area contributed by atoms with Crippen molar-refractivity contribution in [2.75, 3.05) is 18.4 Å². The highest BCUT2D eigenvalue weighted by Crippen LogP contribution is 2.15. The second-order valence-corrected chi connectivity index (χ2v) is 7.42. The van der Waals surface area contributed by atoms with Crippen molar-refractivity contribution in [2.24, 2.45) is 5.92 Å². The van der Waals surface area contributed by atoms with Crippen LogP contribution in [-0.2, 0) is 4.79 Å². The molecule has 0 atom stereocenters. The summed E-state index contributed by atoms with van der Waals surface area (Å²) in [5.74, 6) is 0.920. The molecule has 1 saturated heterocycles. The first-order valence-corrected chi connectivity index (χ1v) is 9.62. The van der Waals surface area contributed by atoms with Gasteiger partial charge in [0.2, 0.25) is 5.91 Å². The van der Waals surface area contributed by atoms with Crippen molar-refractivity contribution in [3.8, 4) is 5.82 Å². The van der Waals surface area contributed by atoms with Gasteiger partial charge < -0.3 is 10.2 Å². The molecule has 1 fully saturated rings. The van der Waals surface area contributed by atoms with Crippen LogP contribution in [0, 0.1) is 5.92 Å². The van der Waals surface area contributed by atoms with Gasteiger partial charge in [-0.15, -0.1) is 0 Å². The Bertz CT molecular complexity index is 774. The van der Waals surface area contributed by atoms with E-state index < -0.39 is 0 Å². The maximum atomic E-state index is 12.6.